The van der Waals surface area contributed by atoms with E-state index in [9.17, 15) is 23.2 Å². The Morgan fingerprint density at radius 2 is 1.67 bits per heavy atom. The first-order chi connectivity index (χ1) is 21.1. The summed E-state index contributed by atoms with van der Waals surface area (Å²) in [4.78, 5) is 53.3. The molecule has 2 aromatic heterocycles. The highest BCUT2D eigenvalue weighted by atomic mass is 31.2. The number of rotatable bonds is 13. The largest absolute Gasteiger partial charge is 0.501 e. The van der Waals surface area contributed by atoms with Crippen molar-refractivity contribution in [1.29, 1.82) is 0 Å². The second-order valence-corrected chi connectivity index (χ2v) is 11.8. The number of amides is 1. The normalized spacial score (nSPS) is 15.4. The minimum Gasteiger partial charge on any atom is -0.493 e. The van der Waals surface area contributed by atoms with Gasteiger partial charge in [-0.05, 0) is 26.0 Å². The molecule has 1 amide bonds. The van der Waals surface area contributed by atoms with E-state index in [1.54, 1.807) is 12.1 Å². The van der Waals surface area contributed by atoms with E-state index in [4.69, 9.17) is 28.7 Å². The minimum absolute atomic E-state index is 0.0295. The van der Waals surface area contributed by atoms with Gasteiger partial charge < -0.3 is 44.3 Å². The summed E-state index contributed by atoms with van der Waals surface area (Å²) in [5.74, 6) is -1.27. The van der Waals surface area contributed by atoms with Crippen molar-refractivity contribution < 1.29 is 65.8 Å². The molecule has 0 fully saturated rings. The van der Waals surface area contributed by atoms with Gasteiger partial charge in [0.25, 0.3) is 5.91 Å². The maximum absolute atomic E-state index is 14.8. The molecule has 19 nitrogen and oxygen atoms in total. The molecule has 1 aliphatic heterocycles. The lowest BCUT2D eigenvalue weighted by molar-refractivity contribution is -0.148. The lowest BCUT2D eigenvalue weighted by atomic mass is 10.1. The van der Waals surface area contributed by atoms with Crippen molar-refractivity contribution in [2.24, 2.45) is 0 Å². The van der Waals surface area contributed by atoms with Crippen molar-refractivity contribution >= 4 is 50.6 Å². The van der Waals surface area contributed by atoms with E-state index < -0.39 is 39.7 Å². The Morgan fingerprint density at radius 3 is 2.27 bits per heavy atom. The molecule has 0 saturated heterocycles. The van der Waals surface area contributed by atoms with Gasteiger partial charge in [0.2, 0.25) is 11.7 Å². The van der Waals surface area contributed by atoms with E-state index >= 15 is 0 Å². The van der Waals surface area contributed by atoms with Crippen LogP contribution in [-0.2, 0) is 27.8 Å². The first kappa shape index (κ1) is 33.8. The monoisotopic (exact) mass is 676 g/mol. The number of phosphoric ester groups is 1. The molecule has 1 aliphatic rings. The number of methoxy groups -OCH3 is 3. The van der Waals surface area contributed by atoms with Crippen LogP contribution in [0.25, 0.3) is 0 Å². The lowest BCUT2D eigenvalue weighted by Gasteiger charge is -2.37. The number of fused-ring (bicyclic) bond motifs is 1. The van der Waals surface area contributed by atoms with Gasteiger partial charge in [0.1, 0.15) is 12.5 Å². The van der Waals surface area contributed by atoms with Crippen LogP contribution in [0.4, 0.5) is 33.5 Å². The molecule has 3 heterocycles. The Bertz CT molecular complexity index is 1670. The van der Waals surface area contributed by atoms with Crippen molar-refractivity contribution in [2.75, 3.05) is 43.6 Å². The quantitative estimate of drug-likeness (QED) is 0.0991. The van der Waals surface area contributed by atoms with Gasteiger partial charge >= 0.3 is 15.6 Å². The zero-order valence-corrected chi connectivity index (χ0v) is 25.9. The number of nitrogens with one attached hydrogen (secondary N) is 2. The number of pyridine rings is 1. The van der Waals surface area contributed by atoms with E-state index in [1.165, 1.54) is 47.3 Å². The number of anilines is 5. The number of nitrogens with zero attached hydrogens (tertiary/aromatic N) is 4. The Kier molecular flexibility index (Phi) is 9.81. The molecule has 0 spiro atoms. The molecule has 4 rings (SSSR count). The van der Waals surface area contributed by atoms with E-state index in [-0.39, 0.29) is 29.2 Å². The van der Waals surface area contributed by atoms with Gasteiger partial charge in [-0.1, -0.05) is 0 Å². The highest BCUT2D eigenvalue weighted by Crippen LogP contribution is 2.50. The van der Waals surface area contributed by atoms with E-state index in [0.29, 0.717) is 22.9 Å². The highest BCUT2D eigenvalue weighted by Gasteiger charge is 2.43. The number of halogens is 1. The van der Waals surface area contributed by atoms with Crippen LogP contribution in [0.1, 0.15) is 13.8 Å². The molecule has 0 aliphatic carbocycles. The number of phosphoric acid groups is 2. The molecule has 0 saturated carbocycles. The van der Waals surface area contributed by atoms with Gasteiger partial charge in [0.15, 0.2) is 40.3 Å². The minimum atomic E-state index is -5.30. The third-order valence-electron chi connectivity index (χ3n) is 5.71. The second-order valence-electron chi connectivity index (χ2n) is 9.28. The predicted molar refractivity (Wildman–Crippen MR) is 151 cm³/mol. The maximum Gasteiger partial charge on any atom is 0.501 e. The summed E-state index contributed by atoms with van der Waals surface area (Å²) in [6.45, 7) is 1.81. The number of benzene rings is 1. The molecule has 5 N–H and O–H groups in total. The topological polar surface area (TPSA) is 242 Å². The van der Waals surface area contributed by atoms with Gasteiger partial charge in [-0.3, -0.25) is 14.2 Å². The zero-order valence-electron chi connectivity index (χ0n) is 24.1. The summed E-state index contributed by atoms with van der Waals surface area (Å²) < 4.78 is 71.3. The Labute approximate surface area is 254 Å². The summed E-state index contributed by atoms with van der Waals surface area (Å²) in [6, 6.07) is 5.92. The van der Waals surface area contributed by atoms with E-state index in [0.717, 1.165) is 11.1 Å². The van der Waals surface area contributed by atoms with Crippen molar-refractivity contribution in [3.05, 3.63) is 36.3 Å². The molecular weight excluding hydrogens is 649 g/mol. The predicted octanol–water partition coefficient (Wildman–Crippen LogP) is 3.14. The zero-order chi connectivity index (χ0) is 33.2. The summed E-state index contributed by atoms with van der Waals surface area (Å²) in [5, 5.41) is 5.57. The highest BCUT2D eigenvalue weighted by molar-refractivity contribution is 7.49. The number of carbonyl (C=O) groups is 1. The van der Waals surface area contributed by atoms with Gasteiger partial charge in [-0.2, -0.15) is 4.98 Å². The fraction of sp³-hybridized carbons (Fsp3) is 0.304. The van der Waals surface area contributed by atoms with E-state index in [1.807, 2.05) is 0 Å². The van der Waals surface area contributed by atoms with Crippen molar-refractivity contribution in [2.45, 2.75) is 19.4 Å². The smallest absolute Gasteiger partial charge is 0.493 e. The van der Waals surface area contributed by atoms with Crippen LogP contribution in [-0.4, -0.2) is 69.2 Å². The standard InChI is InChI=1S/C23H27FN6O13P2/c1-23(2)21(31)30(11-40-45(35,36)43-42-44(32,33)34)20-14(41-23)6-7-17(28-20)27-19-13(24)10-25-22(29-19)26-12-8-15(37-3)18(39-5)16(9-12)38-4/h6-10H,11H2,1-5H3,(H,35,36)(H2,32,33,34)(H2,25,26,27,28,29). The van der Waals surface area contributed by atoms with Gasteiger partial charge in [-0.25, -0.2) is 23.5 Å². The van der Waals surface area contributed by atoms with Crippen LogP contribution >= 0.6 is 15.6 Å². The molecule has 244 valence electrons. The molecule has 45 heavy (non-hydrogen) atoms. The summed E-state index contributed by atoms with van der Waals surface area (Å²) in [5.41, 5.74) is -1.08. The van der Waals surface area contributed by atoms with Crippen LogP contribution in [0, 0.1) is 5.82 Å². The summed E-state index contributed by atoms with van der Waals surface area (Å²) in [7, 11) is -6.23. The number of ether oxygens (including phenoxy) is 4. The Hall–Kier alpha value is -4.13. The molecule has 22 heteroatoms. The lowest BCUT2D eigenvalue weighted by Crippen LogP contribution is -2.53. The fourth-order valence-electron chi connectivity index (χ4n) is 3.79. The van der Waals surface area contributed by atoms with Crippen molar-refractivity contribution in [3.8, 4) is 23.0 Å². The van der Waals surface area contributed by atoms with Crippen LogP contribution < -0.4 is 34.5 Å². The molecule has 1 unspecified atom stereocenters. The Morgan fingerprint density at radius 1 is 1.00 bits per heavy atom. The van der Waals surface area contributed by atoms with Crippen molar-refractivity contribution in [1.82, 2.24) is 15.0 Å². The number of aromatic nitrogens is 3. The van der Waals surface area contributed by atoms with Crippen LogP contribution in [0.3, 0.4) is 0 Å². The van der Waals surface area contributed by atoms with E-state index in [2.05, 4.69) is 39.5 Å². The van der Waals surface area contributed by atoms with Gasteiger partial charge in [-0.15, -0.1) is 9.35 Å². The molecule has 0 radical (unpaired) electrons. The fourth-order valence-corrected chi connectivity index (χ4v) is 4.78. The van der Waals surface area contributed by atoms with Gasteiger partial charge in [0.05, 0.1) is 27.5 Å². The molecule has 3 aromatic rings. The molecule has 0 bridgehead atoms. The second kappa shape index (κ2) is 13.1. The summed E-state index contributed by atoms with van der Waals surface area (Å²) >= 11 is 0. The number of hydrogen-bond donors (Lipinski definition) is 5. The molecule has 1 aromatic carbocycles. The summed E-state index contributed by atoms with van der Waals surface area (Å²) in [6.07, 6.45) is 0.891. The maximum atomic E-state index is 14.8. The SMILES string of the molecule is COc1cc(Nc2ncc(F)c(Nc3ccc4c(n3)N(COP(=O)(O)OOP(=O)(O)O)C(=O)C(C)(C)O4)n2)cc(OC)c1OC. The Balaban J connectivity index is 1.59. The average molecular weight is 676 g/mol. The third kappa shape index (κ3) is 8.13. The van der Waals surface area contributed by atoms with Crippen LogP contribution in [0.5, 0.6) is 23.0 Å². The average Bonchev–Trinajstić information content (AvgIpc) is 2.97. The molecular formula is C23H27FN6O13P2. The molecule has 1 atom stereocenters. The van der Waals surface area contributed by atoms with Gasteiger partial charge in [0, 0.05) is 17.8 Å². The first-order valence-corrected chi connectivity index (χ1v) is 15.4. The van der Waals surface area contributed by atoms with Crippen LogP contribution in [0.15, 0.2) is 30.5 Å². The third-order valence-corrected chi connectivity index (χ3v) is 6.80. The van der Waals surface area contributed by atoms with Crippen LogP contribution in [0.2, 0.25) is 0 Å². The first-order valence-electron chi connectivity index (χ1n) is 12.4. The number of hydrogen-bond acceptors (Lipinski definition) is 15. The van der Waals surface area contributed by atoms with Crippen molar-refractivity contribution in [3.63, 3.8) is 0 Å². The number of carbonyl (C=O) groups excluding carboxylic acids is 1.